The third-order valence-corrected chi connectivity index (χ3v) is 6.96. The standard InChI is InChI=1S/C28H26N6O4/c1-2-19-8-10-23(11-9-19)34-26(36)24(21-6-4-3-5-7-21)33(28(34)37)18-20-12-14-32(15-13-20)27-29-16-22(17-30-27)25(35)31-38/h1,3-11,16-17,20,24,38H,12-15,18H2,(H,31,35). The van der Waals surface area contributed by atoms with Crippen LogP contribution in [0.5, 0.6) is 0 Å². The van der Waals surface area contributed by atoms with Gasteiger partial charge in [-0.1, -0.05) is 36.3 Å². The molecule has 1 aromatic heterocycles. The van der Waals surface area contributed by atoms with E-state index in [1.54, 1.807) is 34.6 Å². The van der Waals surface area contributed by atoms with Crippen LogP contribution in [-0.2, 0) is 4.79 Å². The fourth-order valence-electron chi connectivity index (χ4n) is 4.93. The molecule has 10 nitrogen and oxygen atoms in total. The smallest absolute Gasteiger partial charge is 0.332 e. The Labute approximate surface area is 219 Å². The van der Waals surface area contributed by atoms with Crippen molar-refractivity contribution in [2.75, 3.05) is 29.4 Å². The minimum Gasteiger partial charge on any atom is -0.341 e. The molecule has 2 aromatic carbocycles. The molecule has 5 rings (SSSR count). The molecule has 0 spiro atoms. The minimum atomic E-state index is -0.706. The monoisotopic (exact) mass is 510 g/mol. The van der Waals surface area contributed by atoms with Crippen LogP contribution in [0, 0.1) is 18.3 Å². The number of nitrogens with zero attached hydrogens (tertiary/aromatic N) is 5. The van der Waals surface area contributed by atoms with Gasteiger partial charge in [-0.15, -0.1) is 6.42 Å². The van der Waals surface area contributed by atoms with Crippen LogP contribution in [0.1, 0.15) is 40.4 Å². The summed E-state index contributed by atoms with van der Waals surface area (Å²) in [5.41, 5.74) is 3.66. The van der Waals surface area contributed by atoms with Gasteiger partial charge in [0, 0.05) is 37.6 Å². The highest BCUT2D eigenvalue weighted by Crippen LogP contribution is 2.36. The van der Waals surface area contributed by atoms with Crippen molar-refractivity contribution in [3.8, 4) is 12.3 Å². The number of benzene rings is 2. The van der Waals surface area contributed by atoms with E-state index in [0.29, 0.717) is 36.8 Å². The molecule has 1 unspecified atom stereocenters. The number of imide groups is 1. The minimum absolute atomic E-state index is 0.161. The van der Waals surface area contributed by atoms with Gasteiger partial charge < -0.3 is 9.80 Å². The fraction of sp³-hybridized carbons (Fsp3) is 0.250. The number of hydroxylamine groups is 1. The molecule has 38 heavy (non-hydrogen) atoms. The first-order valence-electron chi connectivity index (χ1n) is 12.3. The number of aromatic nitrogens is 2. The molecule has 1 atom stereocenters. The van der Waals surface area contributed by atoms with Crippen molar-refractivity contribution in [3.63, 3.8) is 0 Å². The summed E-state index contributed by atoms with van der Waals surface area (Å²) in [5.74, 6) is 2.27. The van der Waals surface area contributed by atoms with Gasteiger partial charge in [0.15, 0.2) is 0 Å². The number of carbonyl (C=O) groups excluding carboxylic acids is 3. The Kier molecular flexibility index (Phi) is 7.02. The highest BCUT2D eigenvalue weighted by Gasteiger charge is 2.47. The van der Waals surface area contributed by atoms with E-state index in [1.165, 1.54) is 17.3 Å². The zero-order chi connectivity index (χ0) is 26.6. The number of piperidine rings is 1. The molecule has 3 aromatic rings. The Morgan fingerprint density at radius 1 is 1.03 bits per heavy atom. The maximum Gasteiger partial charge on any atom is 0.332 e. The molecule has 2 fully saturated rings. The van der Waals surface area contributed by atoms with Crippen molar-refractivity contribution in [3.05, 3.63) is 83.7 Å². The van der Waals surface area contributed by atoms with Crippen LogP contribution < -0.4 is 15.3 Å². The number of urea groups is 1. The van der Waals surface area contributed by atoms with Gasteiger partial charge in [-0.05, 0) is 48.6 Å². The highest BCUT2D eigenvalue weighted by atomic mass is 16.5. The van der Waals surface area contributed by atoms with Crippen LogP contribution in [0.2, 0.25) is 0 Å². The molecule has 3 heterocycles. The Hall–Kier alpha value is -4.75. The van der Waals surface area contributed by atoms with Crippen molar-refractivity contribution in [1.82, 2.24) is 20.3 Å². The topological polar surface area (TPSA) is 119 Å². The van der Waals surface area contributed by atoms with Gasteiger partial charge in [0.25, 0.3) is 11.8 Å². The zero-order valence-corrected chi connectivity index (χ0v) is 20.5. The second-order valence-corrected chi connectivity index (χ2v) is 9.26. The number of rotatable bonds is 6. The molecule has 0 bridgehead atoms. The number of carbonyl (C=O) groups is 3. The van der Waals surface area contributed by atoms with Crippen molar-refractivity contribution >= 4 is 29.5 Å². The van der Waals surface area contributed by atoms with Crippen LogP contribution in [0.4, 0.5) is 16.4 Å². The molecule has 0 saturated carbocycles. The average molecular weight is 511 g/mol. The van der Waals surface area contributed by atoms with Crippen LogP contribution in [0.25, 0.3) is 0 Å². The second kappa shape index (κ2) is 10.7. The summed E-state index contributed by atoms with van der Waals surface area (Å²) in [4.78, 5) is 52.2. The maximum atomic E-state index is 13.6. The molecule has 2 N–H and O–H groups in total. The van der Waals surface area contributed by atoms with Crippen LogP contribution >= 0.6 is 0 Å². The number of hydrogen-bond acceptors (Lipinski definition) is 7. The lowest BCUT2D eigenvalue weighted by molar-refractivity contribution is -0.120. The Morgan fingerprint density at radius 3 is 2.29 bits per heavy atom. The number of nitrogens with one attached hydrogen (secondary N) is 1. The average Bonchev–Trinajstić information content (AvgIpc) is 3.22. The first kappa shape index (κ1) is 24.9. The zero-order valence-electron chi connectivity index (χ0n) is 20.5. The summed E-state index contributed by atoms with van der Waals surface area (Å²) >= 11 is 0. The number of anilines is 2. The number of amides is 4. The van der Waals surface area contributed by atoms with Crippen molar-refractivity contribution < 1.29 is 19.6 Å². The molecule has 0 radical (unpaired) electrons. The van der Waals surface area contributed by atoms with Crippen molar-refractivity contribution in [1.29, 1.82) is 0 Å². The molecular weight excluding hydrogens is 484 g/mol. The van der Waals surface area contributed by atoms with Gasteiger partial charge in [0.05, 0.1) is 11.3 Å². The predicted octanol–water partition coefficient (Wildman–Crippen LogP) is 3.00. The fourth-order valence-corrected chi connectivity index (χ4v) is 4.93. The van der Waals surface area contributed by atoms with E-state index < -0.39 is 11.9 Å². The summed E-state index contributed by atoms with van der Waals surface area (Å²) in [6.07, 6.45) is 9.74. The molecule has 192 valence electrons. The van der Waals surface area contributed by atoms with E-state index in [1.807, 2.05) is 35.2 Å². The van der Waals surface area contributed by atoms with Crippen LogP contribution in [0.15, 0.2) is 67.0 Å². The Balaban J connectivity index is 1.31. The van der Waals surface area contributed by atoms with Gasteiger partial charge in [-0.3, -0.25) is 14.8 Å². The summed E-state index contributed by atoms with van der Waals surface area (Å²) in [7, 11) is 0. The van der Waals surface area contributed by atoms with E-state index in [2.05, 4.69) is 15.9 Å². The first-order valence-corrected chi connectivity index (χ1v) is 12.3. The van der Waals surface area contributed by atoms with E-state index in [4.69, 9.17) is 11.6 Å². The summed E-state index contributed by atoms with van der Waals surface area (Å²) in [5, 5.41) is 8.76. The van der Waals surface area contributed by atoms with Crippen molar-refractivity contribution in [2.45, 2.75) is 18.9 Å². The molecule has 0 aliphatic carbocycles. The largest absolute Gasteiger partial charge is 0.341 e. The highest BCUT2D eigenvalue weighted by molar-refractivity contribution is 6.21. The van der Waals surface area contributed by atoms with Crippen molar-refractivity contribution in [2.24, 2.45) is 5.92 Å². The normalized spacial score (nSPS) is 18.0. The molecule has 2 aliphatic heterocycles. The number of hydrogen-bond donors (Lipinski definition) is 2. The third-order valence-electron chi connectivity index (χ3n) is 6.96. The molecule has 2 saturated heterocycles. The van der Waals surface area contributed by atoms with Crippen LogP contribution in [-0.4, -0.2) is 57.6 Å². The van der Waals surface area contributed by atoms with Gasteiger partial charge in [0.1, 0.15) is 6.04 Å². The Morgan fingerprint density at radius 2 is 1.68 bits per heavy atom. The maximum absolute atomic E-state index is 13.6. The van der Waals surface area contributed by atoms with Gasteiger partial charge in [-0.25, -0.2) is 25.1 Å². The predicted molar refractivity (Wildman–Crippen MR) is 139 cm³/mol. The quantitative estimate of drug-likeness (QED) is 0.226. The SMILES string of the molecule is C#Cc1ccc(N2C(=O)C(c3ccccc3)N(CC3CCN(c4ncc(C(=O)NO)cn4)CC3)C2=O)cc1. The number of terminal acetylenes is 1. The lowest BCUT2D eigenvalue weighted by Crippen LogP contribution is -2.41. The van der Waals surface area contributed by atoms with Crippen LogP contribution in [0.3, 0.4) is 0 Å². The first-order chi connectivity index (χ1) is 18.5. The van der Waals surface area contributed by atoms with Gasteiger partial charge in [0.2, 0.25) is 5.95 Å². The van der Waals surface area contributed by atoms with Gasteiger partial charge in [-0.2, -0.15) is 0 Å². The molecule has 4 amide bonds. The molecule has 2 aliphatic rings. The summed E-state index contributed by atoms with van der Waals surface area (Å²) in [6.45, 7) is 1.77. The van der Waals surface area contributed by atoms with E-state index in [0.717, 1.165) is 18.4 Å². The third kappa shape index (κ3) is 4.79. The van der Waals surface area contributed by atoms with E-state index in [9.17, 15) is 14.4 Å². The summed E-state index contributed by atoms with van der Waals surface area (Å²) < 4.78 is 0. The Bertz CT molecular complexity index is 1360. The molecular formula is C28H26N6O4. The van der Waals surface area contributed by atoms with Gasteiger partial charge >= 0.3 is 6.03 Å². The van der Waals surface area contributed by atoms with E-state index >= 15 is 0 Å². The lowest BCUT2D eigenvalue weighted by Gasteiger charge is -2.34. The summed E-state index contributed by atoms with van der Waals surface area (Å²) in [6, 6.07) is 15.1. The molecule has 10 heteroatoms. The lowest BCUT2D eigenvalue weighted by atomic mass is 9.95. The van der Waals surface area contributed by atoms with E-state index in [-0.39, 0.29) is 23.4 Å². The second-order valence-electron chi connectivity index (χ2n) is 9.26.